The van der Waals surface area contributed by atoms with Gasteiger partial charge in [-0.25, -0.2) is 9.97 Å². The Morgan fingerprint density at radius 2 is 1.68 bits per heavy atom. The number of rotatable bonds is 4. The van der Waals surface area contributed by atoms with Gasteiger partial charge >= 0.3 is 0 Å². The topological polar surface area (TPSA) is 51.8 Å². The standard InChI is InChI=1S/C16H21N3/c1-4-16(5-2,13-9-7-6-8-10-13)15-18-12(3)11-14(17)19-15/h6-11H,4-5H2,1-3H3,(H2,17,18,19). The number of nitrogens with two attached hydrogens (primary N) is 1. The monoisotopic (exact) mass is 255 g/mol. The van der Waals surface area contributed by atoms with Crippen LogP contribution in [0.5, 0.6) is 0 Å². The molecule has 1 aromatic heterocycles. The van der Waals surface area contributed by atoms with Crippen LogP contribution in [0, 0.1) is 6.92 Å². The van der Waals surface area contributed by atoms with Crippen LogP contribution in [0.3, 0.4) is 0 Å². The molecule has 3 nitrogen and oxygen atoms in total. The Morgan fingerprint density at radius 3 is 2.21 bits per heavy atom. The lowest BCUT2D eigenvalue weighted by Gasteiger charge is -2.31. The third-order valence-corrected chi connectivity index (χ3v) is 3.84. The molecule has 0 radical (unpaired) electrons. The molecule has 0 bridgehead atoms. The Labute approximate surface area is 114 Å². The summed E-state index contributed by atoms with van der Waals surface area (Å²) in [5.41, 5.74) is 7.92. The molecule has 0 aliphatic rings. The molecule has 0 atom stereocenters. The number of nitrogen functional groups attached to an aromatic ring is 1. The second kappa shape index (κ2) is 5.39. The summed E-state index contributed by atoms with van der Waals surface area (Å²) in [7, 11) is 0. The lowest BCUT2D eigenvalue weighted by molar-refractivity contribution is 0.448. The van der Waals surface area contributed by atoms with Crippen molar-refractivity contribution in [1.82, 2.24) is 9.97 Å². The highest BCUT2D eigenvalue weighted by Crippen LogP contribution is 2.36. The number of hydrogen-bond donors (Lipinski definition) is 1. The first-order valence-electron chi connectivity index (χ1n) is 6.79. The van der Waals surface area contributed by atoms with Crippen LogP contribution >= 0.6 is 0 Å². The molecule has 1 heterocycles. The van der Waals surface area contributed by atoms with Gasteiger partial charge in [-0.2, -0.15) is 0 Å². The molecule has 1 aromatic carbocycles. The van der Waals surface area contributed by atoms with Gasteiger partial charge in [0.15, 0.2) is 0 Å². The third kappa shape index (κ3) is 2.46. The van der Waals surface area contributed by atoms with Gasteiger partial charge in [0.25, 0.3) is 0 Å². The molecule has 0 aliphatic carbocycles. The predicted octanol–water partition coefficient (Wildman–Crippen LogP) is 3.47. The van der Waals surface area contributed by atoms with E-state index in [1.54, 1.807) is 0 Å². The molecule has 0 saturated heterocycles. The first kappa shape index (κ1) is 13.5. The van der Waals surface area contributed by atoms with Gasteiger partial charge in [-0.15, -0.1) is 0 Å². The Balaban J connectivity index is 2.62. The molecule has 0 fully saturated rings. The zero-order chi connectivity index (χ0) is 13.9. The SMILES string of the molecule is CCC(CC)(c1ccccc1)c1nc(C)cc(N)n1. The van der Waals surface area contributed by atoms with E-state index in [2.05, 4.69) is 48.1 Å². The van der Waals surface area contributed by atoms with Crippen molar-refractivity contribution in [2.45, 2.75) is 39.0 Å². The lowest BCUT2D eigenvalue weighted by atomic mass is 9.75. The first-order valence-corrected chi connectivity index (χ1v) is 6.79. The molecule has 0 unspecified atom stereocenters. The van der Waals surface area contributed by atoms with Crippen LogP contribution in [-0.4, -0.2) is 9.97 Å². The maximum atomic E-state index is 5.89. The highest BCUT2D eigenvalue weighted by Gasteiger charge is 2.33. The van der Waals surface area contributed by atoms with E-state index in [1.165, 1.54) is 5.56 Å². The lowest BCUT2D eigenvalue weighted by Crippen LogP contribution is -2.29. The number of anilines is 1. The van der Waals surface area contributed by atoms with Crippen molar-refractivity contribution in [2.75, 3.05) is 5.73 Å². The predicted molar refractivity (Wildman–Crippen MR) is 79.0 cm³/mol. The molecule has 2 N–H and O–H groups in total. The summed E-state index contributed by atoms with van der Waals surface area (Å²) in [5, 5.41) is 0. The molecular formula is C16H21N3. The van der Waals surface area contributed by atoms with Crippen molar-refractivity contribution in [3.63, 3.8) is 0 Å². The maximum Gasteiger partial charge on any atom is 0.141 e. The van der Waals surface area contributed by atoms with Crippen molar-refractivity contribution in [2.24, 2.45) is 0 Å². The van der Waals surface area contributed by atoms with Gasteiger partial charge in [0.1, 0.15) is 11.6 Å². The van der Waals surface area contributed by atoms with Crippen molar-refractivity contribution >= 4 is 5.82 Å². The fraction of sp³-hybridized carbons (Fsp3) is 0.375. The van der Waals surface area contributed by atoms with E-state index in [0.717, 1.165) is 24.4 Å². The van der Waals surface area contributed by atoms with Crippen LogP contribution < -0.4 is 5.73 Å². The average Bonchev–Trinajstić information content (AvgIpc) is 2.41. The van der Waals surface area contributed by atoms with E-state index < -0.39 is 0 Å². The van der Waals surface area contributed by atoms with Crippen molar-refractivity contribution in [3.05, 3.63) is 53.5 Å². The van der Waals surface area contributed by atoms with Gasteiger partial charge in [-0.1, -0.05) is 44.2 Å². The minimum absolute atomic E-state index is 0.151. The third-order valence-electron chi connectivity index (χ3n) is 3.84. The Kier molecular flexibility index (Phi) is 3.84. The summed E-state index contributed by atoms with van der Waals surface area (Å²) < 4.78 is 0. The van der Waals surface area contributed by atoms with Crippen LogP contribution in [0.4, 0.5) is 5.82 Å². The van der Waals surface area contributed by atoms with Gasteiger partial charge < -0.3 is 5.73 Å². The summed E-state index contributed by atoms with van der Waals surface area (Å²) in [6, 6.07) is 12.3. The van der Waals surface area contributed by atoms with Crippen molar-refractivity contribution in [1.29, 1.82) is 0 Å². The molecule has 0 amide bonds. The summed E-state index contributed by atoms with van der Waals surface area (Å²) in [6.07, 6.45) is 1.91. The number of benzene rings is 1. The van der Waals surface area contributed by atoms with Gasteiger partial charge in [-0.3, -0.25) is 0 Å². The quantitative estimate of drug-likeness (QED) is 0.910. The average molecular weight is 255 g/mol. The Morgan fingerprint density at radius 1 is 1.05 bits per heavy atom. The molecule has 0 saturated carbocycles. The highest BCUT2D eigenvalue weighted by atomic mass is 15.0. The minimum atomic E-state index is -0.151. The summed E-state index contributed by atoms with van der Waals surface area (Å²) >= 11 is 0. The number of hydrogen-bond acceptors (Lipinski definition) is 3. The smallest absolute Gasteiger partial charge is 0.141 e. The summed E-state index contributed by atoms with van der Waals surface area (Å²) in [5.74, 6) is 1.38. The maximum absolute atomic E-state index is 5.89. The molecule has 19 heavy (non-hydrogen) atoms. The zero-order valence-corrected chi connectivity index (χ0v) is 11.9. The van der Waals surface area contributed by atoms with Gasteiger partial charge in [-0.05, 0) is 25.3 Å². The summed E-state index contributed by atoms with van der Waals surface area (Å²) in [6.45, 7) is 6.32. The second-order valence-corrected chi connectivity index (χ2v) is 4.91. The molecule has 0 spiro atoms. The van der Waals surface area contributed by atoms with E-state index >= 15 is 0 Å². The Hall–Kier alpha value is -1.90. The largest absolute Gasteiger partial charge is 0.384 e. The van der Waals surface area contributed by atoms with E-state index in [4.69, 9.17) is 5.73 Å². The highest BCUT2D eigenvalue weighted by molar-refractivity contribution is 5.37. The number of aryl methyl sites for hydroxylation is 1. The molecule has 2 aromatic rings. The van der Waals surface area contributed by atoms with Crippen molar-refractivity contribution < 1.29 is 0 Å². The molecule has 0 aliphatic heterocycles. The van der Waals surface area contributed by atoms with Gasteiger partial charge in [0.2, 0.25) is 0 Å². The van der Waals surface area contributed by atoms with E-state index in [-0.39, 0.29) is 5.41 Å². The number of nitrogens with zero attached hydrogens (tertiary/aromatic N) is 2. The zero-order valence-electron chi connectivity index (χ0n) is 11.9. The normalized spacial score (nSPS) is 11.5. The number of aromatic nitrogens is 2. The van der Waals surface area contributed by atoms with Crippen LogP contribution in [0.25, 0.3) is 0 Å². The molecule has 2 rings (SSSR count). The molecular weight excluding hydrogens is 234 g/mol. The van der Waals surface area contributed by atoms with Crippen LogP contribution in [-0.2, 0) is 5.41 Å². The fourth-order valence-corrected chi connectivity index (χ4v) is 2.67. The first-order chi connectivity index (χ1) is 9.12. The minimum Gasteiger partial charge on any atom is -0.384 e. The second-order valence-electron chi connectivity index (χ2n) is 4.91. The van der Waals surface area contributed by atoms with Gasteiger partial charge in [0.05, 0.1) is 5.41 Å². The Bertz CT molecular complexity index is 525. The molecule has 100 valence electrons. The molecule has 3 heteroatoms. The van der Waals surface area contributed by atoms with Gasteiger partial charge in [0, 0.05) is 11.8 Å². The summed E-state index contributed by atoms with van der Waals surface area (Å²) in [4.78, 5) is 9.12. The van der Waals surface area contributed by atoms with E-state index in [0.29, 0.717) is 5.82 Å². The van der Waals surface area contributed by atoms with Crippen LogP contribution in [0.1, 0.15) is 43.8 Å². The van der Waals surface area contributed by atoms with Crippen molar-refractivity contribution in [3.8, 4) is 0 Å². The van der Waals surface area contributed by atoms with E-state index in [9.17, 15) is 0 Å². The van der Waals surface area contributed by atoms with E-state index in [1.807, 2.05) is 19.1 Å². The van der Waals surface area contributed by atoms with Crippen LogP contribution in [0.2, 0.25) is 0 Å². The van der Waals surface area contributed by atoms with Crippen LogP contribution in [0.15, 0.2) is 36.4 Å². The fourth-order valence-electron chi connectivity index (χ4n) is 2.67.